The topological polar surface area (TPSA) is 75.8 Å². The highest BCUT2D eigenvalue weighted by molar-refractivity contribution is 5.70. The molecule has 0 radical (unpaired) electrons. The van der Waals surface area contributed by atoms with Crippen LogP contribution < -0.4 is 10.5 Å². The molecule has 2 aromatic rings. The van der Waals surface area contributed by atoms with Gasteiger partial charge in [0.2, 0.25) is 0 Å². The van der Waals surface area contributed by atoms with Crippen LogP contribution in [0.3, 0.4) is 0 Å². The first kappa shape index (κ1) is 17.3. The molecule has 5 heteroatoms. The number of nitrogens with two attached hydrogens (primary N) is 1. The number of rotatable bonds is 7. The zero-order chi connectivity index (χ0) is 17.8. The summed E-state index contributed by atoms with van der Waals surface area (Å²) in [7, 11) is 0. The Hall–Kier alpha value is -2.53. The van der Waals surface area contributed by atoms with E-state index in [4.69, 9.17) is 10.5 Å². The Morgan fingerprint density at radius 1 is 1.24 bits per heavy atom. The number of hydroxylamine groups is 2. The summed E-state index contributed by atoms with van der Waals surface area (Å²) in [6, 6.07) is 15.3. The van der Waals surface area contributed by atoms with Crippen LogP contribution in [0.25, 0.3) is 0 Å². The van der Waals surface area contributed by atoms with Gasteiger partial charge in [-0.1, -0.05) is 37.6 Å². The third-order valence-corrected chi connectivity index (χ3v) is 4.57. The summed E-state index contributed by atoms with van der Waals surface area (Å²) in [5, 5.41) is 10.0. The van der Waals surface area contributed by atoms with Gasteiger partial charge in [0.15, 0.2) is 0 Å². The fourth-order valence-electron chi connectivity index (χ4n) is 3.13. The average Bonchev–Trinajstić information content (AvgIpc) is 3.36. The number of amides is 2. The molecule has 1 fully saturated rings. The third kappa shape index (κ3) is 4.51. The highest BCUT2D eigenvalue weighted by Crippen LogP contribution is 2.48. The molecule has 1 aliphatic carbocycles. The quantitative estimate of drug-likeness (QED) is 0.582. The molecule has 0 aromatic heterocycles. The molecule has 2 amide bonds. The molecule has 0 saturated heterocycles. The van der Waals surface area contributed by atoms with Crippen LogP contribution >= 0.6 is 0 Å². The van der Waals surface area contributed by atoms with Gasteiger partial charge in [-0.25, -0.2) is 9.86 Å². The van der Waals surface area contributed by atoms with E-state index >= 15 is 0 Å². The fraction of sp³-hybridized carbons (Fsp3) is 0.350. The van der Waals surface area contributed by atoms with Gasteiger partial charge >= 0.3 is 6.03 Å². The zero-order valence-electron chi connectivity index (χ0n) is 14.4. The standard InChI is InChI=1S/C20H24N2O3/c1-2-4-14-7-9-17(10-8-14)25-18-6-3-5-15(11-18)19-12-16(19)13-22(24)20(21)23/h3,5-11,16,19,24H,2,4,12-13H2,1H3,(H2,21,23). The van der Waals surface area contributed by atoms with Crippen molar-refractivity contribution in [2.75, 3.05) is 6.54 Å². The lowest BCUT2D eigenvalue weighted by Crippen LogP contribution is -2.34. The first-order valence-corrected chi connectivity index (χ1v) is 8.69. The molecule has 1 aliphatic rings. The van der Waals surface area contributed by atoms with E-state index in [0.717, 1.165) is 36.3 Å². The highest BCUT2D eigenvalue weighted by atomic mass is 16.5. The van der Waals surface area contributed by atoms with Crippen molar-refractivity contribution in [2.24, 2.45) is 11.7 Å². The van der Waals surface area contributed by atoms with E-state index < -0.39 is 6.03 Å². The van der Waals surface area contributed by atoms with Crippen molar-refractivity contribution in [1.29, 1.82) is 0 Å². The third-order valence-electron chi connectivity index (χ3n) is 4.57. The second-order valence-electron chi connectivity index (χ2n) is 6.59. The van der Waals surface area contributed by atoms with E-state index in [1.807, 2.05) is 36.4 Å². The minimum Gasteiger partial charge on any atom is -0.457 e. The van der Waals surface area contributed by atoms with Gasteiger partial charge in [-0.15, -0.1) is 0 Å². The van der Waals surface area contributed by atoms with Crippen LogP contribution in [0, 0.1) is 5.92 Å². The normalized spacial score (nSPS) is 18.6. The van der Waals surface area contributed by atoms with E-state index in [1.165, 1.54) is 5.56 Å². The number of aryl methyl sites for hydroxylation is 1. The van der Waals surface area contributed by atoms with Crippen LogP contribution in [0.15, 0.2) is 48.5 Å². The van der Waals surface area contributed by atoms with Crippen LogP contribution in [0.5, 0.6) is 11.5 Å². The Balaban J connectivity index is 1.61. The van der Waals surface area contributed by atoms with E-state index in [2.05, 4.69) is 19.1 Å². The highest BCUT2D eigenvalue weighted by Gasteiger charge is 2.40. The van der Waals surface area contributed by atoms with Crippen molar-refractivity contribution in [3.63, 3.8) is 0 Å². The maximum absolute atomic E-state index is 10.9. The second kappa shape index (κ2) is 7.57. The van der Waals surface area contributed by atoms with Gasteiger partial charge < -0.3 is 10.5 Å². The van der Waals surface area contributed by atoms with Crippen LogP contribution in [0.2, 0.25) is 0 Å². The van der Waals surface area contributed by atoms with Gasteiger partial charge in [0.1, 0.15) is 11.5 Å². The molecule has 2 atom stereocenters. The maximum atomic E-state index is 10.9. The van der Waals surface area contributed by atoms with Crippen LogP contribution in [-0.2, 0) is 6.42 Å². The molecule has 132 valence electrons. The average molecular weight is 340 g/mol. The van der Waals surface area contributed by atoms with E-state index in [9.17, 15) is 10.0 Å². The predicted octanol–water partition coefficient (Wildman–Crippen LogP) is 4.30. The van der Waals surface area contributed by atoms with Gasteiger partial charge in [0.25, 0.3) is 0 Å². The minimum atomic E-state index is -0.811. The number of hydrogen-bond acceptors (Lipinski definition) is 3. The number of benzene rings is 2. The summed E-state index contributed by atoms with van der Waals surface area (Å²) in [4.78, 5) is 10.9. The summed E-state index contributed by atoms with van der Waals surface area (Å²) in [6.07, 6.45) is 3.14. The molecule has 2 unspecified atom stereocenters. The number of hydrogen-bond donors (Lipinski definition) is 2. The molecule has 2 aromatic carbocycles. The molecular formula is C20H24N2O3. The molecule has 3 rings (SSSR count). The van der Waals surface area contributed by atoms with Gasteiger partial charge in [-0.3, -0.25) is 5.21 Å². The lowest BCUT2D eigenvalue weighted by atomic mass is 10.1. The van der Waals surface area contributed by atoms with Gasteiger partial charge in [0, 0.05) is 0 Å². The SMILES string of the molecule is CCCc1ccc(Oc2cccc(C3CC3CN(O)C(N)=O)c2)cc1. The summed E-state index contributed by atoms with van der Waals surface area (Å²) in [5.74, 6) is 2.17. The second-order valence-corrected chi connectivity index (χ2v) is 6.59. The fourth-order valence-corrected chi connectivity index (χ4v) is 3.13. The Morgan fingerprint density at radius 3 is 2.68 bits per heavy atom. The minimum absolute atomic E-state index is 0.237. The molecule has 1 saturated carbocycles. The Kier molecular flexibility index (Phi) is 5.24. The number of primary amides is 1. The van der Waals surface area contributed by atoms with Gasteiger partial charge in [0.05, 0.1) is 6.54 Å². The summed E-state index contributed by atoms with van der Waals surface area (Å²) in [6.45, 7) is 2.43. The van der Waals surface area contributed by atoms with Crippen molar-refractivity contribution in [3.05, 3.63) is 59.7 Å². The summed E-state index contributed by atoms with van der Waals surface area (Å²) in [5.41, 5.74) is 7.52. The Morgan fingerprint density at radius 2 is 2.00 bits per heavy atom. The number of carbonyl (C=O) groups excluding carboxylic acids is 1. The van der Waals surface area contributed by atoms with Crippen LogP contribution in [-0.4, -0.2) is 22.8 Å². The summed E-state index contributed by atoms with van der Waals surface area (Å²) >= 11 is 0. The molecule has 3 N–H and O–H groups in total. The largest absolute Gasteiger partial charge is 0.457 e. The van der Waals surface area contributed by atoms with E-state index in [1.54, 1.807) is 0 Å². The van der Waals surface area contributed by atoms with Crippen molar-refractivity contribution in [3.8, 4) is 11.5 Å². The predicted molar refractivity (Wildman–Crippen MR) is 95.9 cm³/mol. The van der Waals surface area contributed by atoms with Crippen molar-refractivity contribution in [2.45, 2.75) is 32.1 Å². The number of urea groups is 1. The van der Waals surface area contributed by atoms with Crippen LogP contribution in [0.4, 0.5) is 4.79 Å². The molecule has 5 nitrogen and oxygen atoms in total. The molecular weight excluding hydrogens is 316 g/mol. The van der Waals surface area contributed by atoms with Crippen molar-refractivity contribution >= 4 is 6.03 Å². The first-order valence-electron chi connectivity index (χ1n) is 8.69. The smallest absolute Gasteiger partial charge is 0.338 e. The van der Waals surface area contributed by atoms with E-state index in [0.29, 0.717) is 11.0 Å². The Labute approximate surface area is 148 Å². The van der Waals surface area contributed by atoms with Crippen molar-refractivity contribution < 1.29 is 14.7 Å². The number of carbonyl (C=O) groups is 1. The molecule has 0 aliphatic heterocycles. The van der Waals surface area contributed by atoms with E-state index in [-0.39, 0.29) is 12.5 Å². The lowest BCUT2D eigenvalue weighted by molar-refractivity contribution is -0.0431. The zero-order valence-corrected chi connectivity index (χ0v) is 14.4. The lowest BCUT2D eigenvalue weighted by Gasteiger charge is -2.12. The molecule has 0 heterocycles. The Bertz CT molecular complexity index is 730. The van der Waals surface area contributed by atoms with Gasteiger partial charge in [-0.2, -0.15) is 0 Å². The first-order chi connectivity index (χ1) is 12.1. The molecule has 0 bridgehead atoms. The number of ether oxygens (including phenoxy) is 1. The summed E-state index contributed by atoms with van der Waals surface area (Å²) < 4.78 is 5.95. The van der Waals surface area contributed by atoms with Gasteiger partial charge in [-0.05, 0) is 60.1 Å². The monoisotopic (exact) mass is 340 g/mol. The van der Waals surface area contributed by atoms with Crippen molar-refractivity contribution in [1.82, 2.24) is 5.06 Å². The maximum Gasteiger partial charge on any atom is 0.338 e. The number of nitrogens with zero attached hydrogens (tertiary/aromatic N) is 1. The molecule has 25 heavy (non-hydrogen) atoms. The molecule has 0 spiro atoms. The van der Waals surface area contributed by atoms with Crippen LogP contribution in [0.1, 0.15) is 36.8 Å².